The number of rotatable bonds is 18. The summed E-state index contributed by atoms with van der Waals surface area (Å²) < 4.78 is 10.6. The molecule has 43 heavy (non-hydrogen) atoms. The first-order chi connectivity index (χ1) is 20.7. The molecule has 2 aliphatic heterocycles. The number of Topliss-reactive ketones (excluding diaryl/α,β-unsaturated/α-hetero) is 1. The Labute approximate surface area is 263 Å². The molecule has 0 aromatic heterocycles. The predicted octanol–water partition coefficient (Wildman–Crippen LogP) is 2.99. The van der Waals surface area contributed by atoms with Crippen LogP contribution in [0.3, 0.4) is 0 Å². The fourth-order valence-corrected chi connectivity index (χ4v) is 8.10. The highest BCUT2D eigenvalue weighted by Gasteiger charge is 2.31. The van der Waals surface area contributed by atoms with Crippen LogP contribution in [-0.2, 0) is 30.3 Å². The Balaban J connectivity index is 1.60. The normalized spacial score (nSPS) is 18.6. The molecule has 1 unspecified atom stereocenters. The number of nitrogens with one attached hydrogen (secondary N) is 3. The molecule has 240 valence electrons. The third-order valence-corrected chi connectivity index (χ3v) is 10.5. The van der Waals surface area contributed by atoms with E-state index in [1.54, 1.807) is 31.4 Å². The molecule has 1 aromatic rings. The van der Waals surface area contributed by atoms with E-state index < -0.39 is 29.7 Å². The molecule has 3 N–H and O–H groups in total. The summed E-state index contributed by atoms with van der Waals surface area (Å²) in [4.78, 5) is 54.8. The zero-order valence-corrected chi connectivity index (χ0v) is 27.4. The molecule has 1 aromatic carbocycles. The van der Waals surface area contributed by atoms with Gasteiger partial charge in [-0.2, -0.15) is 0 Å². The summed E-state index contributed by atoms with van der Waals surface area (Å²) in [6, 6.07) is 5.26. The average Bonchev–Trinajstić information content (AvgIpc) is 3.52. The van der Waals surface area contributed by atoms with E-state index >= 15 is 0 Å². The number of hydrogen-bond acceptors (Lipinski definition) is 9. The van der Waals surface area contributed by atoms with Crippen molar-refractivity contribution in [1.82, 2.24) is 20.9 Å². The second kappa shape index (κ2) is 19.2. The molecule has 12 heteroatoms. The van der Waals surface area contributed by atoms with Crippen LogP contribution in [-0.4, -0.2) is 98.0 Å². The van der Waals surface area contributed by atoms with Gasteiger partial charge in [0.2, 0.25) is 17.6 Å². The number of methoxy groups -OCH3 is 1. The minimum Gasteiger partial charge on any atom is -0.497 e. The van der Waals surface area contributed by atoms with E-state index in [0.717, 1.165) is 37.9 Å². The molecule has 0 radical (unpaired) electrons. The van der Waals surface area contributed by atoms with Gasteiger partial charge in [-0.15, -0.1) is 0 Å². The van der Waals surface area contributed by atoms with Crippen molar-refractivity contribution in [3.8, 4) is 5.75 Å². The number of hydrogen-bond donors (Lipinski definition) is 3. The molecular formula is C31H48N4O6S2. The first kappa shape index (κ1) is 35.2. The molecule has 0 aliphatic carbocycles. The molecule has 3 atom stereocenters. The highest BCUT2D eigenvalue weighted by molar-refractivity contribution is 8.77. The minimum absolute atomic E-state index is 0.130. The molecule has 2 heterocycles. The zero-order chi connectivity index (χ0) is 31.0. The smallest absolute Gasteiger partial charge is 0.289 e. The van der Waals surface area contributed by atoms with Crippen LogP contribution in [0.15, 0.2) is 24.3 Å². The Bertz CT molecular complexity index is 1030. The van der Waals surface area contributed by atoms with Gasteiger partial charge in [0, 0.05) is 50.0 Å². The molecule has 0 spiro atoms. The number of ketones is 1. The number of amides is 3. The van der Waals surface area contributed by atoms with Gasteiger partial charge >= 0.3 is 0 Å². The van der Waals surface area contributed by atoms with Crippen molar-refractivity contribution >= 4 is 45.1 Å². The Hall–Kier alpha value is -2.28. The van der Waals surface area contributed by atoms with E-state index in [9.17, 15) is 19.2 Å². The van der Waals surface area contributed by atoms with E-state index in [0.29, 0.717) is 50.1 Å². The van der Waals surface area contributed by atoms with E-state index in [2.05, 4.69) is 20.9 Å². The van der Waals surface area contributed by atoms with E-state index in [4.69, 9.17) is 9.47 Å². The van der Waals surface area contributed by atoms with E-state index in [1.807, 2.05) is 35.4 Å². The van der Waals surface area contributed by atoms with Crippen molar-refractivity contribution in [3.63, 3.8) is 0 Å². The van der Waals surface area contributed by atoms with Crippen LogP contribution >= 0.6 is 21.6 Å². The summed E-state index contributed by atoms with van der Waals surface area (Å²) in [6.45, 7) is 7.74. The number of carbonyl (C=O) groups excluding carboxylic acids is 4. The van der Waals surface area contributed by atoms with Crippen LogP contribution in [0.5, 0.6) is 5.75 Å². The van der Waals surface area contributed by atoms with Crippen molar-refractivity contribution in [2.24, 2.45) is 5.92 Å². The van der Waals surface area contributed by atoms with Crippen LogP contribution in [0.4, 0.5) is 0 Å². The Morgan fingerprint density at radius 1 is 1.05 bits per heavy atom. The SMILES string of the molecule is COc1ccc(C[C@H](NC(=O)[C@H](CC(C)C)NC(=O)CCCCC2CCSS2)C(=O)C(=O)NCCN2CCOCC2)cc1. The van der Waals surface area contributed by atoms with Gasteiger partial charge in [-0.3, -0.25) is 24.1 Å². The average molecular weight is 637 g/mol. The molecular weight excluding hydrogens is 588 g/mol. The van der Waals surface area contributed by atoms with Crippen molar-refractivity contribution in [2.45, 2.75) is 76.1 Å². The summed E-state index contributed by atoms with van der Waals surface area (Å²) in [5, 5.41) is 9.08. The monoisotopic (exact) mass is 636 g/mol. The van der Waals surface area contributed by atoms with Gasteiger partial charge in [-0.05, 0) is 49.3 Å². The van der Waals surface area contributed by atoms with Crippen LogP contribution in [0.2, 0.25) is 0 Å². The van der Waals surface area contributed by atoms with Crippen molar-refractivity contribution < 1.29 is 28.7 Å². The highest BCUT2D eigenvalue weighted by Crippen LogP contribution is 2.39. The Morgan fingerprint density at radius 2 is 1.79 bits per heavy atom. The maximum atomic E-state index is 13.5. The maximum absolute atomic E-state index is 13.5. The molecule has 2 aliphatic rings. The summed E-state index contributed by atoms with van der Waals surface area (Å²) in [7, 11) is 5.42. The molecule has 2 fully saturated rings. The lowest BCUT2D eigenvalue weighted by Gasteiger charge is -2.26. The lowest BCUT2D eigenvalue weighted by atomic mass is 9.99. The van der Waals surface area contributed by atoms with Crippen LogP contribution in [0.25, 0.3) is 0 Å². The first-order valence-corrected chi connectivity index (χ1v) is 17.8. The van der Waals surface area contributed by atoms with Gasteiger partial charge in [0.05, 0.1) is 20.3 Å². The summed E-state index contributed by atoms with van der Waals surface area (Å²) in [5.74, 6) is -0.106. The van der Waals surface area contributed by atoms with Crippen LogP contribution in [0, 0.1) is 5.92 Å². The lowest BCUT2D eigenvalue weighted by molar-refractivity contribution is -0.140. The highest BCUT2D eigenvalue weighted by atomic mass is 33.1. The fraction of sp³-hybridized carbons (Fsp3) is 0.677. The third kappa shape index (κ3) is 13.1. The molecule has 2 saturated heterocycles. The molecule has 3 amide bonds. The number of morpholine rings is 1. The lowest BCUT2D eigenvalue weighted by Crippen LogP contribution is -2.55. The van der Waals surface area contributed by atoms with Crippen LogP contribution in [0.1, 0.15) is 57.9 Å². The van der Waals surface area contributed by atoms with Crippen LogP contribution < -0.4 is 20.7 Å². The second-order valence-corrected chi connectivity index (χ2v) is 14.3. The molecule has 3 rings (SSSR count). The standard InChI is InChI=1S/C31H48N4O6S2/c1-22(2)20-27(33-28(36)7-5-4-6-25-12-19-42-43-25)30(38)34-26(21-23-8-10-24(40-3)11-9-23)29(37)31(39)32-13-14-35-15-17-41-18-16-35/h8-11,22,25-27H,4-7,12-21H2,1-3H3,(H,32,39)(H,33,36)(H,34,38)/t25?,26-,27-/m0/s1. The predicted molar refractivity (Wildman–Crippen MR) is 172 cm³/mol. The maximum Gasteiger partial charge on any atom is 0.289 e. The van der Waals surface area contributed by atoms with Gasteiger partial charge in [-0.1, -0.05) is 54.0 Å². The molecule has 0 bridgehead atoms. The van der Waals surface area contributed by atoms with Gasteiger partial charge in [-0.25, -0.2) is 0 Å². The number of benzene rings is 1. The Kier molecular flexibility index (Phi) is 15.7. The van der Waals surface area contributed by atoms with Gasteiger partial charge in [0.15, 0.2) is 0 Å². The second-order valence-electron chi connectivity index (χ2n) is 11.5. The van der Waals surface area contributed by atoms with E-state index in [1.165, 1.54) is 12.2 Å². The number of carbonyl (C=O) groups is 4. The zero-order valence-electron chi connectivity index (χ0n) is 25.7. The summed E-state index contributed by atoms with van der Waals surface area (Å²) >= 11 is 0. The third-order valence-electron chi connectivity index (χ3n) is 7.54. The van der Waals surface area contributed by atoms with E-state index in [-0.39, 0.29) is 18.2 Å². The van der Waals surface area contributed by atoms with Gasteiger partial charge < -0.3 is 25.4 Å². The fourth-order valence-electron chi connectivity index (χ4n) is 5.07. The Morgan fingerprint density at radius 3 is 2.44 bits per heavy atom. The van der Waals surface area contributed by atoms with Gasteiger partial charge in [0.1, 0.15) is 17.8 Å². The van der Waals surface area contributed by atoms with Crippen molar-refractivity contribution in [2.75, 3.05) is 52.3 Å². The number of unbranched alkanes of at least 4 members (excludes halogenated alkanes) is 1. The largest absolute Gasteiger partial charge is 0.497 e. The number of nitrogens with zero attached hydrogens (tertiary/aromatic N) is 1. The topological polar surface area (TPSA) is 126 Å². The van der Waals surface area contributed by atoms with Gasteiger partial charge in [0.25, 0.3) is 5.91 Å². The quantitative estimate of drug-likeness (QED) is 0.127. The molecule has 10 nitrogen and oxygen atoms in total. The summed E-state index contributed by atoms with van der Waals surface area (Å²) in [6.07, 6.45) is 4.98. The van der Waals surface area contributed by atoms with Crippen molar-refractivity contribution in [3.05, 3.63) is 29.8 Å². The number of ether oxygens (including phenoxy) is 2. The minimum atomic E-state index is -1.09. The first-order valence-electron chi connectivity index (χ1n) is 15.4. The molecule has 0 saturated carbocycles. The summed E-state index contributed by atoms with van der Waals surface area (Å²) in [5.41, 5.74) is 0.767. The van der Waals surface area contributed by atoms with Crippen molar-refractivity contribution in [1.29, 1.82) is 0 Å².